The maximum Gasteiger partial charge on any atom is 0.245 e. The molecule has 0 N–H and O–H groups in total. The van der Waals surface area contributed by atoms with Gasteiger partial charge in [-0.15, -0.1) is 0 Å². The second kappa shape index (κ2) is 5.91. The van der Waals surface area contributed by atoms with Gasteiger partial charge in [0.15, 0.2) is 0 Å². The van der Waals surface area contributed by atoms with Crippen LogP contribution in [0.3, 0.4) is 0 Å². The van der Waals surface area contributed by atoms with Crippen LogP contribution in [0, 0.1) is 0 Å². The van der Waals surface area contributed by atoms with Gasteiger partial charge >= 0.3 is 0 Å². The van der Waals surface area contributed by atoms with Crippen molar-refractivity contribution in [3.63, 3.8) is 0 Å². The lowest BCUT2D eigenvalue weighted by Gasteiger charge is -2.31. The van der Waals surface area contributed by atoms with E-state index in [4.69, 9.17) is 0 Å². The van der Waals surface area contributed by atoms with E-state index in [0.717, 1.165) is 30.1 Å². The smallest absolute Gasteiger partial charge is 0.245 e. The molecule has 1 fully saturated rings. The minimum atomic E-state index is -3.58. The first-order valence-corrected chi connectivity index (χ1v) is 9.93. The zero-order chi connectivity index (χ0) is 16.7. The van der Waals surface area contributed by atoms with Crippen molar-refractivity contribution in [2.24, 2.45) is 7.05 Å². The minimum absolute atomic E-state index is 0.176. The fourth-order valence-electron chi connectivity index (χ4n) is 3.21. The molecular formula is C15H17N5O2S2. The van der Waals surface area contributed by atoms with Crippen molar-refractivity contribution in [3.05, 3.63) is 36.2 Å². The molecule has 0 aliphatic carbocycles. The van der Waals surface area contributed by atoms with Crippen LogP contribution in [0.15, 0.2) is 35.5 Å². The third kappa shape index (κ3) is 2.62. The Hall–Kier alpha value is -1.84. The Morgan fingerprint density at radius 2 is 2.17 bits per heavy atom. The lowest BCUT2D eigenvalue weighted by Crippen LogP contribution is -2.39. The number of benzene rings is 1. The summed E-state index contributed by atoms with van der Waals surface area (Å²) in [5.74, 6) is 0.176. The maximum absolute atomic E-state index is 13.1. The lowest BCUT2D eigenvalue weighted by atomic mass is 9.94. The monoisotopic (exact) mass is 363 g/mol. The predicted octanol–water partition coefficient (Wildman–Crippen LogP) is 1.99. The third-order valence-corrected chi connectivity index (χ3v) is 6.89. The van der Waals surface area contributed by atoms with Gasteiger partial charge in [0.25, 0.3) is 0 Å². The number of hydrogen-bond donors (Lipinski definition) is 0. The van der Waals surface area contributed by atoms with Gasteiger partial charge in [-0.1, -0.05) is 6.07 Å². The molecule has 0 amide bonds. The molecule has 3 aromatic rings. The minimum Gasteiger partial charge on any atom is -0.276 e. The molecule has 24 heavy (non-hydrogen) atoms. The van der Waals surface area contributed by atoms with Crippen molar-refractivity contribution in [1.29, 1.82) is 0 Å². The summed E-state index contributed by atoms with van der Waals surface area (Å²) >= 11 is 1.04. The number of nitrogens with zero attached hydrogens (tertiary/aromatic N) is 5. The van der Waals surface area contributed by atoms with E-state index in [1.807, 2.05) is 19.4 Å². The van der Waals surface area contributed by atoms with Crippen LogP contribution < -0.4 is 0 Å². The van der Waals surface area contributed by atoms with E-state index >= 15 is 0 Å². The number of aryl methyl sites for hydroxylation is 1. The SMILES string of the molecule is Cn1cc(C2CCCN(S(=O)(=O)c3cccc4nsnc34)C2)cn1. The van der Waals surface area contributed by atoms with Crippen molar-refractivity contribution in [1.82, 2.24) is 22.8 Å². The quantitative estimate of drug-likeness (QED) is 0.711. The highest BCUT2D eigenvalue weighted by Gasteiger charge is 2.33. The van der Waals surface area contributed by atoms with Crippen molar-refractivity contribution in [2.45, 2.75) is 23.7 Å². The highest BCUT2D eigenvalue weighted by molar-refractivity contribution is 7.89. The second-order valence-electron chi connectivity index (χ2n) is 6.04. The summed E-state index contributed by atoms with van der Waals surface area (Å²) in [5.41, 5.74) is 2.18. The average molecular weight is 363 g/mol. The van der Waals surface area contributed by atoms with Crippen LogP contribution in [0.2, 0.25) is 0 Å². The Morgan fingerprint density at radius 1 is 1.29 bits per heavy atom. The summed E-state index contributed by atoms with van der Waals surface area (Å²) in [4.78, 5) is 0.251. The summed E-state index contributed by atoms with van der Waals surface area (Å²) in [5, 5.41) is 4.20. The Balaban J connectivity index is 1.68. The first-order valence-electron chi connectivity index (χ1n) is 7.75. The molecule has 1 aromatic carbocycles. The molecule has 2 aromatic heterocycles. The van der Waals surface area contributed by atoms with E-state index in [1.165, 1.54) is 0 Å². The molecule has 1 saturated heterocycles. The van der Waals surface area contributed by atoms with Gasteiger partial charge in [-0.3, -0.25) is 4.68 Å². The van der Waals surface area contributed by atoms with Crippen LogP contribution in [-0.4, -0.2) is 44.3 Å². The largest absolute Gasteiger partial charge is 0.276 e. The normalized spacial score (nSPS) is 19.8. The fraction of sp³-hybridized carbons (Fsp3) is 0.400. The first-order chi connectivity index (χ1) is 11.6. The van der Waals surface area contributed by atoms with Crippen LogP contribution in [0.5, 0.6) is 0 Å². The molecule has 0 saturated carbocycles. The summed E-state index contributed by atoms with van der Waals surface area (Å²) in [7, 11) is -1.71. The highest BCUT2D eigenvalue weighted by atomic mass is 32.2. The Labute approximate surface area is 144 Å². The topological polar surface area (TPSA) is 81.0 Å². The predicted molar refractivity (Wildman–Crippen MR) is 91.4 cm³/mol. The van der Waals surface area contributed by atoms with Crippen LogP contribution in [-0.2, 0) is 17.1 Å². The van der Waals surface area contributed by atoms with Crippen molar-refractivity contribution in [3.8, 4) is 0 Å². The average Bonchev–Trinajstić information content (AvgIpc) is 3.23. The number of sulfonamides is 1. The van der Waals surface area contributed by atoms with Crippen LogP contribution in [0.25, 0.3) is 11.0 Å². The molecule has 3 heterocycles. The van der Waals surface area contributed by atoms with Crippen LogP contribution >= 0.6 is 11.7 Å². The summed E-state index contributed by atoms with van der Waals surface area (Å²) < 4.78 is 37.9. The molecular weight excluding hydrogens is 346 g/mol. The zero-order valence-corrected chi connectivity index (χ0v) is 14.8. The van der Waals surface area contributed by atoms with Gasteiger partial charge in [0, 0.05) is 32.3 Å². The van der Waals surface area contributed by atoms with E-state index in [1.54, 1.807) is 27.2 Å². The van der Waals surface area contributed by atoms with Crippen LogP contribution in [0.1, 0.15) is 24.3 Å². The van der Waals surface area contributed by atoms with E-state index in [2.05, 4.69) is 13.8 Å². The molecule has 126 valence electrons. The van der Waals surface area contributed by atoms with Gasteiger partial charge in [0.2, 0.25) is 10.0 Å². The molecule has 1 aliphatic rings. The maximum atomic E-state index is 13.1. The summed E-state index contributed by atoms with van der Waals surface area (Å²) in [6.45, 7) is 1.01. The van der Waals surface area contributed by atoms with E-state index < -0.39 is 10.0 Å². The summed E-state index contributed by atoms with van der Waals surface area (Å²) in [6.07, 6.45) is 5.60. The Bertz CT molecular complexity index is 979. The fourth-order valence-corrected chi connectivity index (χ4v) is 5.49. The number of piperidine rings is 1. The lowest BCUT2D eigenvalue weighted by molar-refractivity contribution is 0.316. The van der Waals surface area contributed by atoms with Crippen LogP contribution in [0.4, 0.5) is 0 Å². The van der Waals surface area contributed by atoms with E-state index in [9.17, 15) is 8.42 Å². The molecule has 0 spiro atoms. The van der Waals surface area contributed by atoms with Gasteiger partial charge in [0.1, 0.15) is 15.9 Å². The number of aromatic nitrogens is 4. The van der Waals surface area contributed by atoms with Gasteiger partial charge in [-0.05, 0) is 30.5 Å². The van der Waals surface area contributed by atoms with Crippen molar-refractivity contribution in [2.75, 3.05) is 13.1 Å². The number of hydrogen-bond acceptors (Lipinski definition) is 6. The van der Waals surface area contributed by atoms with Gasteiger partial charge in [0.05, 0.1) is 17.9 Å². The molecule has 9 heteroatoms. The van der Waals surface area contributed by atoms with Gasteiger partial charge in [-0.2, -0.15) is 18.2 Å². The molecule has 1 aliphatic heterocycles. The van der Waals surface area contributed by atoms with E-state index in [-0.39, 0.29) is 10.8 Å². The Morgan fingerprint density at radius 3 is 2.96 bits per heavy atom. The molecule has 0 bridgehead atoms. The van der Waals surface area contributed by atoms with Crippen molar-refractivity contribution < 1.29 is 8.42 Å². The van der Waals surface area contributed by atoms with E-state index in [0.29, 0.717) is 24.1 Å². The van der Waals surface area contributed by atoms with Gasteiger partial charge in [-0.25, -0.2) is 8.42 Å². The molecule has 0 radical (unpaired) electrons. The third-order valence-electron chi connectivity index (χ3n) is 4.45. The number of fused-ring (bicyclic) bond motifs is 1. The molecule has 7 nitrogen and oxygen atoms in total. The Kier molecular flexibility index (Phi) is 3.86. The first kappa shape index (κ1) is 15.7. The number of rotatable bonds is 3. The molecule has 1 unspecified atom stereocenters. The van der Waals surface area contributed by atoms with Gasteiger partial charge < -0.3 is 0 Å². The molecule has 4 rings (SSSR count). The van der Waals surface area contributed by atoms with Crippen molar-refractivity contribution >= 4 is 32.8 Å². The second-order valence-corrected chi connectivity index (χ2v) is 8.47. The molecule has 1 atom stereocenters. The zero-order valence-electron chi connectivity index (χ0n) is 13.2. The standard InChI is InChI=1S/C15H17N5O2S2/c1-19-9-12(8-16-19)11-4-3-7-20(10-11)24(21,22)14-6-2-5-13-15(14)18-23-17-13/h2,5-6,8-9,11H,3-4,7,10H2,1H3. The highest BCUT2D eigenvalue weighted by Crippen LogP contribution is 2.31. The summed E-state index contributed by atoms with van der Waals surface area (Å²) in [6, 6.07) is 5.12.